The quantitative estimate of drug-likeness (QED) is 0.798. The van der Waals surface area contributed by atoms with E-state index in [1.54, 1.807) is 0 Å². The predicted octanol–water partition coefficient (Wildman–Crippen LogP) is 2.33. The van der Waals surface area contributed by atoms with Crippen LogP contribution in [0.2, 0.25) is 0 Å². The smallest absolute Gasteiger partial charge is 0.323 e. The molecule has 0 spiro atoms. The number of nitrogens with one attached hydrogen (secondary N) is 1. The van der Waals surface area contributed by atoms with E-state index in [-0.39, 0.29) is 5.95 Å². The number of nitrogens with two attached hydrogens (primary N) is 1. The molecule has 1 aromatic heterocycles. The normalized spacial score (nSPS) is 21.9. The van der Waals surface area contributed by atoms with Gasteiger partial charge in [-0.15, -0.1) is 0 Å². The summed E-state index contributed by atoms with van der Waals surface area (Å²) >= 11 is 1.99. The standard InChI is InChI=1S/C13H23N5OS/c1-3-8-19-13-17-11(14)16-12(18-13)15-9-6-5-7-10(9)20-4-2/h9-10H,3-8H2,1-2H3,(H3,14,15,16,17,18). The zero-order chi connectivity index (χ0) is 14.4. The van der Waals surface area contributed by atoms with E-state index < -0.39 is 0 Å². The number of nitrogens with zero attached hydrogens (tertiary/aromatic N) is 3. The van der Waals surface area contributed by atoms with Gasteiger partial charge < -0.3 is 15.8 Å². The van der Waals surface area contributed by atoms with Crippen molar-refractivity contribution in [3.8, 4) is 6.01 Å². The summed E-state index contributed by atoms with van der Waals surface area (Å²) in [6, 6.07) is 0.709. The molecule has 0 radical (unpaired) electrons. The fraction of sp³-hybridized carbons (Fsp3) is 0.769. The summed E-state index contributed by atoms with van der Waals surface area (Å²) in [5.41, 5.74) is 5.71. The van der Waals surface area contributed by atoms with Gasteiger partial charge in [-0.2, -0.15) is 26.7 Å². The van der Waals surface area contributed by atoms with E-state index >= 15 is 0 Å². The van der Waals surface area contributed by atoms with E-state index in [1.165, 1.54) is 12.8 Å². The van der Waals surface area contributed by atoms with Gasteiger partial charge in [0.25, 0.3) is 0 Å². The lowest BCUT2D eigenvalue weighted by molar-refractivity contribution is 0.292. The number of aromatic nitrogens is 3. The lowest BCUT2D eigenvalue weighted by Gasteiger charge is -2.20. The average molecular weight is 297 g/mol. The summed E-state index contributed by atoms with van der Waals surface area (Å²) in [5, 5.41) is 4.01. The third kappa shape index (κ3) is 4.13. The maximum Gasteiger partial charge on any atom is 0.323 e. The Balaban J connectivity index is 2.02. The number of hydrogen-bond donors (Lipinski definition) is 2. The van der Waals surface area contributed by atoms with Crippen molar-refractivity contribution in [2.45, 2.75) is 50.8 Å². The van der Waals surface area contributed by atoms with Crippen molar-refractivity contribution in [2.75, 3.05) is 23.4 Å². The van der Waals surface area contributed by atoms with Crippen LogP contribution in [0, 0.1) is 0 Å². The summed E-state index contributed by atoms with van der Waals surface area (Å²) in [6.45, 7) is 4.81. The van der Waals surface area contributed by atoms with Gasteiger partial charge in [-0.3, -0.25) is 0 Å². The second kappa shape index (κ2) is 7.52. The molecule has 0 amide bonds. The molecule has 20 heavy (non-hydrogen) atoms. The highest BCUT2D eigenvalue weighted by atomic mass is 32.2. The fourth-order valence-electron chi connectivity index (χ4n) is 2.37. The third-order valence-corrected chi connectivity index (χ3v) is 4.54. The lowest BCUT2D eigenvalue weighted by Crippen LogP contribution is -2.27. The summed E-state index contributed by atoms with van der Waals surface area (Å²) in [6.07, 6.45) is 4.55. The molecule has 1 aliphatic carbocycles. The number of rotatable bonds is 7. The van der Waals surface area contributed by atoms with Crippen LogP contribution in [0.15, 0.2) is 0 Å². The van der Waals surface area contributed by atoms with Crippen molar-refractivity contribution in [3.63, 3.8) is 0 Å². The molecular weight excluding hydrogens is 274 g/mol. The minimum absolute atomic E-state index is 0.200. The maximum absolute atomic E-state index is 5.71. The van der Waals surface area contributed by atoms with E-state index in [2.05, 4.69) is 27.2 Å². The first-order chi connectivity index (χ1) is 9.72. The Morgan fingerprint density at radius 1 is 1.30 bits per heavy atom. The average Bonchev–Trinajstić information content (AvgIpc) is 2.84. The van der Waals surface area contributed by atoms with Crippen molar-refractivity contribution in [3.05, 3.63) is 0 Å². The van der Waals surface area contributed by atoms with Crippen LogP contribution >= 0.6 is 11.8 Å². The third-order valence-electron chi connectivity index (χ3n) is 3.22. The minimum atomic E-state index is 0.200. The van der Waals surface area contributed by atoms with Gasteiger partial charge in [0.1, 0.15) is 0 Å². The largest absolute Gasteiger partial charge is 0.463 e. The summed E-state index contributed by atoms with van der Waals surface area (Å²) in [4.78, 5) is 12.4. The van der Waals surface area contributed by atoms with Crippen molar-refractivity contribution in [2.24, 2.45) is 0 Å². The molecule has 1 aromatic rings. The van der Waals surface area contributed by atoms with Gasteiger partial charge in [-0.25, -0.2) is 0 Å². The van der Waals surface area contributed by atoms with E-state index in [0.717, 1.165) is 18.6 Å². The zero-order valence-electron chi connectivity index (χ0n) is 12.1. The topological polar surface area (TPSA) is 86.0 Å². The molecule has 1 heterocycles. The summed E-state index contributed by atoms with van der Waals surface area (Å²) in [5.74, 6) is 1.86. The molecule has 1 fully saturated rings. The monoisotopic (exact) mass is 297 g/mol. The molecule has 1 aliphatic rings. The highest BCUT2D eigenvalue weighted by Gasteiger charge is 2.27. The number of thioether (sulfide) groups is 1. The highest BCUT2D eigenvalue weighted by Crippen LogP contribution is 2.31. The van der Waals surface area contributed by atoms with E-state index in [0.29, 0.717) is 29.9 Å². The second-order valence-electron chi connectivity index (χ2n) is 4.82. The Hall–Kier alpha value is -1.24. The van der Waals surface area contributed by atoms with Crippen LogP contribution in [-0.2, 0) is 0 Å². The SMILES string of the molecule is CCCOc1nc(N)nc(NC2CCCC2SCC)n1. The Labute approximate surface area is 124 Å². The van der Waals surface area contributed by atoms with Crippen LogP contribution in [0.1, 0.15) is 39.5 Å². The summed E-state index contributed by atoms with van der Waals surface area (Å²) < 4.78 is 5.43. The van der Waals surface area contributed by atoms with Crippen LogP contribution in [0.5, 0.6) is 6.01 Å². The van der Waals surface area contributed by atoms with E-state index in [1.807, 2.05) is 18.7 Å². The maximum atomic E-state index is 5.71. The van der Waals surface area contributed by atoms with Gasteiger partial charge in [-0.05, 0) is 25.0 Å². The Bertz CT molecular complexity index is 431. The van der Waals surface area contributed by atoms with Gasteiger partial charge in [-0.1, -0.05) is 20.3 Å². The Kier molecular flexibility index (Phi) is 5.70. The first-order valence-corrected chi connectivity index (χ1v) is 8.30. The molecular formula is C13H23N5OS. The first kappa shape index (κ1) is 15.2. The predicted molar refractivity (Wildman–Crippen MR) is 83.2 cm³/mol. The first-order valence-electron chi connectivity index (χ1n) is 7.25. The molecule has 0 aromatic carbocycles. The van der Waals surface area contributed by atoms with E-state index in [9.17, 15) is 0 Å². The molecule has 2 rings (SSSR count). The Morgan fingerprint density at radius 2 is 2.15 bits per heavy atom. The van der Waals surface area contributed by atoms with E-state index in [4.69, 9.17) is 10.5 Å². The Morgan fingerprint density at radius 3 is 2.90 bits per heavy atom. The lowest BCUT2D eigenvalue weighted by atomic mass is 10.2. The molecule has 7 heteroatoms. The highest BCUT2D eigenvalue weighted by molar-refractivity contribution is 7.99. The molecule has 2 unspecified atom stereocenters. The van der Waals surface area contributed by atoms with Crippen molar-refractivity contribution >= 4 is 23.7 Å². The van der Waals surface area contributed by atoms with Crippen molar-refractivity contribution < 1.29 is 4.74 Å². The van der Waals surface area contributed by atoms with Gasteiger partial charge in [0.05, 0.1) is 6.61 Å². The molecule has 0 bridgehead atoms. The fourth-order valence-corrected chi connectivity index (χ4v) is 3.56. The van der Waals surface area contributed by atoms with Crippen LogP contribution in [0.25, 0.3) is 0 Å². The van der Waals surface area contributed by atoms with Gasteiger partial charge in [0, 0.05) is 11.3 Å². The molecule has 0 aliphatic heterocycles. The van der Waals surface area contributed by atoms with Crippen LogP contribution in [0.3, 0.4) is 0 Å². The number of hydrogen-bond acceptors (Lipinski definition) is 7. The van der Waals surface area contributed by atoms with Crippen LogP contribution < -0.4 is 15.8 Å². The number of ether oxygens (including phenoxy) is 1. The number of nitrogen functional groups attached to an aromatic ring is 1. The van der Waals surface area contributed by atoms with Gasteiger partial charge >= 0.3 is 6.01 Å². The van der Waals surface area contributed by atoms with Crippen molar-refractivity contribution in [1.29, 1.82) is 0 Å². The second-order valence-corrected chi connectivity index (χ2v) is 6.34. The molecule has 0 saturated heterocycles. The molecule has 2 atom stereocenters. The van der Waals surface area contributed by atoms with Crippen LogP contribution in [-0.4, -0.2) is 38.6 Å². The van der Waals surface area contributed by atoms with Gasteiger partial charge in [0.15, 0.2) is 0 Å². The molecule has 3 N–H and O–H groups in total. The molecule has 112 valence electrons. The number of anilines is 2. The molecule has 1 saturated carbocycles. The summed E-state index contributed by atoms with van der Waals surface area (Å²) in [7, 11) is 0. The van der Waals surface area contributed by atoms with Crippen LogP contribution in [0.4, 0.5) is 11.9 Å². The molecule has 6 nitrogen and oxygen atoms in total. The minimum Gasteiger partial charge on any atom is -0.463 e. The van der Waals surface area contributed by atoms with Crippen molar-refractivity contribution in [1.82, 2.24) is 15.0 Å². The zero-order valence-corrected chi connectivity index (χ0v) is 12.9. The van der Waals surface area contributed by atoms with Gasteiger partial charge in [0.2, 0.25) is 11.9 Å².